The summed E-state index contributed by atoms with van der Waals surface area (Å²) in [6, 6.07) is 12.9. The summed E-state index contributed by atoms with van der Waals surface area (Å²) in [6.07, 6.45) is 0.675. The van der Waals surface area contributed by atoms with E-state index in [9.17, 15) is 9.59 Å². The van der Waals surface area contributed by atoms with Crippen LogP contribution in [0.5, 0.6) is 11.5 Å². The zero-order valence-corrected chi connectivity index (χ0v) is 16.5. The van der Waals surface area contributed by atoms with Gasteiger partial charge in [-0.3, -0.25) is 14.5 Å². The lowest BCUT2D eigenvalue weighted by molar-refractivity contribution is -0.135. The molecule has 0 aromatic heterocycles. The quantitative estimate of drug-likeness (QED) is 0.666. The molecule has 1 amide bonds. The van der Waals surface area contributed by atoms with Gasteiger partial charge in [0.15, 0.2) is 12.9 Å². The Kier molecular flexibility index (Phi) is 6.90. The highest BCUT2D eigenvalue weighted by Gasteiger charge is 2.22. The number of carbonyl (C=O) groups excluding carboxylic acids is 2. The maximum Gasteiger partial charge on any atom is 0.260 e. The smallest absolute Gasteiger partial charge is 0.260 e. The first-order chi connectivity index (χ1) is 13.6. The fourth-order valence-corrected chi connectivity index (χ4v) is 3.30. The minimum absolute atomic E-state index is 0.0918. The second kappa shape index (κ2) is 9.57. The maximum absolute atomic E-state index is 12.5. The molecule has 0 atom stereocenters. The monoisotopic (exact) mass is 402 g/mol. The van der Waals surface area contributed by atoms with E-state index in [0.29, 0.717) is 36.4 Å². The maximum atomic E-state index is 12.5. The third-order valence-electron chi connectivity index (χ3n) is 4.76. The second-order valence-electron chi connectivity index (χ2n) is 6.56. The molecule has 6 nitrogen and oxygen atoms in total. The highest BCUT2D eigenvalue weighted by atomic mass is 35.5. The minimum Gasteiger partial charge on any atom is -0.496 e. The molecule has 1 fully saturated rings. The SMILES string of the molecule is COc1cccc(OCC(=O)N2CCN(Cc3ccc(Cl)cc3)CC2)c1C=O. The largest absolute Gasteiger partial charge is 0.496 e. The van der Waals surface area contributed by atoms with Crippen LogP contribution in [0.3, 0.4) is 0 Å². The Labute approximate surface area is 169 Å². The zero-order chi connectivity index (χ0) is 19.9. The number of nitrogens with zero attached hydrogens (tertiary/aromatic N) is 2. The number of halogens is 1. The predicted molar refractivity (Wildman–Crippen MR) is 107 cm³/mol. The summed E-state index contributed by atoms with van der Waals surface area (Å²) in [5.41, 5.74) is 1.51. The molecule has 7 heteroatoms. The van der Waals surface area contributed by atoms with Gasteiger partial charge in [-0.05, 0) is 29.8 Å². The summed E-state index contributed by atoms with van der Waals surface area (Å²) >= 11 is 5.92. The summed E-state index contributed by atoms with van der Waals surface area (Å²) in [4.78, 5) is 27.9. The van der Waals surface area contributed by atoms with Crippen LogP contribution in [0.4, 0.5) is 0 Å². The van der Waals surface area contributed by atoms with Gasteiger partial charge in [0.05, 0.1) is 12.7 Å². The molecule has 3 rings (SSSR count). The van der Waals surface area contributed by atoms with Crippen LogP contribution in [0.2, 0.25) is 5.02 Å². The number of hydrogen-bond acceptors (Lipinski definition) is 5. The van der Waals surface area contributed by atoms with Crippen LogP contribution in [0, 0.1) is 0 Å². The van der Waals surface area contributed by atoms with Gasteiger partial charge in [-0.2, -0.15) is 0 Å². The molecule has 28 heavy (non-hydrogen) atoms. The van der Waals surface area contributed by atoms with E-state index in [1.165, 1.54) is 12.7 Å². The average molecular weight is 403 g/mol. The Bertz CT molecular complexity index is 818. The van der Waals surface area contributed by atoms with Crippen molar-refractivity contribution in [3.8, 4) is 11.5 Å². The molecule has 2 aromatic carbocycles. The van der Waals surface area contributed by atoms with E-state index in [4.69, 9.17) is 21.1 Å². The number of hydrogen-bond donors (Lipinski definition) is 0. The Hall–Kier alpha value is -2.57. The van der Waals surface area contributed by atoms with Crippen molar-refractivity contribution in [3.63, 3.8) is 0 Å². The number of methoxy groups -OCH3 is 1. The fraction of sp³-hybridized carbons (Fsp3) is 0.333. The van der Waals surface area contributed by atoms with Gasteiger partial charge in [0.1, 0.15) is 11.5 Å². The highest BCUT2D eigenvalue weighted by Crippen LogP contribution is 2.26. The van der Waals surface area contributed by atoms with E-state index in [1.807, 2.05) is 24.3 Å². The standard InChI is InChI=1S/C21H23ClN2O4/c1-27-19-3-2-4-20(18(19)14-25)28-15-21(26)24-11-9-23(10-12-24)13-16-5-7-17(22)8-6-16/h2-8,14H,9-13,15H2,1H3. The third kappa shape index (κ3) is 5.03. The van der Waals surface area contributed by atoms with E-state index < -0.39 is 0 Å². The average Bonchev–Trinajstić information content (AvgIpc) is 2.73. The van der Waals surface area contributed by atoms with Crippen molar-refractivity contribution in [3.05, 3.63) is 58.6 Å². The lowest BCUT2D eigenvalue weighted by Gasteiger charge is -2.34. The van der Waals surface area contributed by atoms with Crippen LogP contribution in [-0.2, 0) is 11.3 Å². The van der Waals surface area contributed by atoms with Crippen LogP contribution in [-0.4, -0.2) is 61.9 Å². The number of piperazine rings is 1. The summed E-state index contributed by atoms with van der Waals surface area (Å²) < 4.78 is 10.7. The number of rotatable bonds is 7. The van der Waals surface area contributed by atoms with Gasteiger partial charge in [-0.1, -0.05) is 29.8 Å². The number of aldehydes is 1. The number of carbonyl (C=O) groups is 2. The van der Waals surface area contributed by atoms with Crippen molar-refractivity contribution in [1.29, 1.82) is 0 Å². The molecule has 0 unspecified atom stereocenters. The predicted octanol–water partition coefficient (Wildman–Crippen LogP) is 2.88. The summed E-state index contributed by atoms with van der Waals surface area (Å²) in [6.45, 7) is 3.62. The number of benzene rings is 2. The van der Waals surface area contributed by atoms with Crippen molar-refractivity contribution >= 4 is 23.8 Å². The Morgan fingerprint density at radius 1 is 1.07 bits per heavy atom. The van der Waals surface area contributed by atoms with Crippen molar-refractivity contribution in [1.82, 2.24) is 9.80 Å². The zero-order valence-electron chi connectivity index (χ0n) is 15.8. The van der Waals surface area contributed by atoms with E-state index in [0.717, 1.165) is 24.7 Å². The first-order valence-electron chi connectivity index (χ1n) is 9.10. The van der Waals surface area contributed by atoms with Crippen LogP contribution in [0.15, 0.2) is 42.5 Å². The van der Waals surface area contributed by atoms with Crippen molar-refractivity contribution < 1.29 is 19.1 Å². The molecule has 0 saturated carbocycles. The molecule has 148 valence electrons. The molecular weight excluding hydrogens is 380 g/mol. The van der Waals surface area contributed by atoms with Gasteiger partial charge in [-0.25, -0.2) is 0 Å². The van der Waals surface area contributed by atoms with Crippen molar-refractivity contribution in [2.24, 2.45) is 0 Å². The fourth-order valence-electron chi connectivity index (χ4n) is 3.18. The molecule has 0 spiro atoms. The molecule has 0 radical (unpaired) electrons. The van der Waals surface area contributed by atoms with E-state index >= 15 is 0 Å². The van der Waals surface area contributed by atoms with Gasteiger partial charge in [0.2, 0.25) is 0 Å². The normalized spacial score (nSPS) is 14.6. The summed E-state index contributed by atoms with van der Waals surface area (Å²) in [7, 11) is 1.49. The molecule has 1 heterocycles. The van der Waals surface area contributed by atoms with Gasteiger partial charge < -0.3 is 14.4 Å². The second-order valence-corrected chi connectivity index (χ2v) is 7.00. The molecule has 1 aliphatic heterocycles. The topological polar surface area (TPSA) is 59.1 Å². The van der Waals surface area contributed by atoms with Crippen molar-refractivity contribution in [2.75, 3.05) is 39.9 Å². The van der Waals surface area contributed by atoms with Crippen LogP contribution >= 0.6 is 11.6 Å². The molecule has 1 aliphatic rings. The van der Waals surface area contributed by atoms with Gasteiger partial charge >= 0.3 is 0 Å². The lowest BCUT2D eigenvalue weighted by Crippen LogP contribution is -2.49. The molecule has 0 bridgehead atoms. The highest BCUT2D eigenvalue weighted by molar-refractivity contribution is 6.30. The third-order valence-corrected chi connectivity index (χ3v) is 5.01. The summed E-state index contributed by atoms with van der Waals surface area (Å²) in [5.74, 6) is 0.686. The number of ether oxygens (including phenoxy) is 2. The first kappa shape index (κ1) is 20.2. The van der Waals surface area contributed by atoms with Gasteiger partial charge in [0, 0.05) is 37.7 Å². The van der Waals surface area contributed by atoms with E-state index in [1.54, 1.807) is 23.1 Å². The Balaban J connectivity index is 1.49. The molecule has 1 saturated heterocycles. The van der Waals surface area contributed by atoms with Gasteiger partial charge in [0.25, 0.3) is 5.91 Å². The Morgan fingerprint density at radius 2 is 1.75 bits per heavy atom. The van der Waals surface area contributed by atoms with Crippen LogP contribution in [0.25, 0.3) is 0 Å². The number of amides is 1. The molecule has 0 aliphatic carbocycles. The molecular formula is C21H23ClN2O4. The minimum atomic E-state index is -0.106. The van der Waals surface area contributed by atoms with Crippen molar-refractivity contribution in [2.45, 2.75) is 6.54 Å². The lowest BCUT2D eigenvalue weighted by atomic mass is 10.2. The van der Waals surface area contributed by atoms with Crippen LogP contribution in [0.1, 0.15) is 15.9 Å². The summed E-state index contributed by atoms with van der Waals surface area (Å²) in [5, 5.41) is 0.730. The van der Waals surface area contributed by atoms with Gasteiger partial charge in [-0.15, -0.1) is 0 Å². The van der Waals surface area contributed by atoms with E-state index in [2.05, 4.69) is 4.90 Å². The molecule has 2 aromatic rings. The Morgan fingerprint density at radius 3 is 2.39 bits per heavy atom. The first-order valence-corrected chi connectivity index (χ1v) is 9.48. The van der Waals surface area contributed by atoms with Crippen LogP contribution < -0.4 is 9.47 Å². The molecule has 0 N–H and O–H groups in total. The van der Waals surface area contributed by atoms with E-state index in [-0.39, 0.29) is 12.5 Å².